The molecule has 3 aromatic carbocycles. The fraction of sp³-hybridized carbons (Fsp3) is 0. The second kappa shape index (κ2) is 7.63. The summed E-state index contributed by atoms with van der Waals surface area (Å²) in [6, 6.07) is 28.4. The molecule has 0 aliphatic rings. The van der Waals surface area contributed by atoms with Crippen LogP contribution in [-0.4, -0.2) is 19.5 Å². The molecule has 0 bridgehead atoms. The lowest BCUT2D eigenvalue weighted by molar-refractivity contribution is 0.483. The van der Waals surface area contributed by atoms with Crippen molar-refractivity contribution in [1.82, 2.24) is 19.5 Å². The number of ether oxygens (including phenoxy) is 1. The smallest absolute Gasteiger partial charge is 0.137 e. The van der Waals surface area contributed by atoms with Gasteiger partial charge >= 0.3 is 0 Å². The number of rotatable bonds is 4. The van der Waals surface area contributed by atoms with Crippen molar-refractivity contribution in [1.29, 1.82) is 0 Å². The second-order valence-electron chi connectivity index (χ2n) is 7.44. The predicted octanol–water partition coefficient (Wildman–Crippen LogP) is 6.43. The van der Waals surface area contributed by atoms with E-state index in [1.807, 2.05) is 54.7 Å². The second-order valence-corrected chi connectivity index (χ2v) is 7.44. The summed E-state index contributed by atoms with van der Waals surface area (Å²) in [6.45, 7) is 0. The van der Waals surface area contributed by atoms with Gasteiger partial charge in [-0.1, -0.05) is 36.4 Å². The molecule has 3 aromatic heterocycles. The highest BCUT2D eigenvalue weighted by molar-refractivity contribution is 6.09. The molecule has 0 N–H and O–H groups in total. The van der Waals surface area contributed by atoms with Crippen molar-refractivity contribution in [3.05, 3.63) is 110 Å². The van der Waals surface area contributed by atoms with E-state index in [0.29, 0.717) is 0 Å². The maximum Gasteiger partial charge on any atom is 0.137 e. The summed E-state index contributed by atoms with van der Waals surface area (Å²) in [5.74, 6) is 2.38. The number of hydrogen-bond donors (Lipinski definition) is 0. The van der Waals surface area contributed by atoms with Crippen LogP contribution in [0, 0.1) is 0 Å². The molecule has 0 fully saturated rings. The molecule has 0 saturated heterocycles. The Hall–Kier alpha value is -4.51. The van der Waals surface area contributed by atoms with E-state index in [1.54, 1.807) is 18.6 Å². The van der Waals surface area contributed by atoms with Crippen LogP contribution in [0.4, 0.5) is 0 Å². The molecule has 0 saturated carbocycles. The number of benzene rings is 3. The average molecular weight is 414 g/mol. The lowest BCUT2D eigenvalue weighted by Gasteiger charge is -2.10. The van der Waals surface area contributed by atoms with Crippen molar-refractivity contribution >= 4 is 21.8 Å². The summed E-state index contributed by atoms with van der Waals surface area (Å²) in [7, 11) is 0. The number of hydrogen-bond acceptors (Lipinski definition) is 4. The average Bonchev–Trinajstić information content (AvgIpc) is 3.19. The summed E-state index contributed by atoms with van der Waals surface area (Å²) in [5, 5.41) is 2.34. The SMILES string of the molecule is c1ccc(-n2c3ccccc3c3ccc(Oc4cccc(-c5cnccn5)c4)cc32)nc1. The van der Waals surface area contributed by atoms with Gasteiger partial charge in [0.05, 0.1) is 22.9 Å². The van der Waals surface area contributed by atoms with Crippen LogP contribution >= 0.6 is 0 Å². The van der Waals surface area contributed by atoms with Crippen LogP contribution in [0.15, 0.2) is 110 Å². The zero-order valence-corrected chi connectivity index (χ0v) is 17.1. The topological polar surface area (TPSA) is 52.8 Å². The van der Waals surface area contributed by atoms with Crippen molar-refractivity contribution in [2.75, 3.05) is 0 Å². The summed E-state index contributed by atoms with van der Waals surface area (Å²) in [4.78, 5) is 13.1. The lowest BCUT2D eigenvalue weighted by Crippen LogP contribution is -1.96. The molecule has 0 atom stereocenters. The monoisotopic (exact) mass is 414 g/mol. The Bertz CT molecular complexity index is 1540. The molecule has 152 valence electrons. The van der Waals surface area contributed by atoms with E-state index in [9.17, 15) is 0 Å². The maximum atomic E-state index is 6.25. The van der Waals surface area contributed by atoms with E-state index >= 15 is 0 Å². The summed E-state index contributed by atoms with van der Waals surface area (Å²) < 4.78 is 8.43. The van der Waals surface area contributed by atoms with Gasteiger partial charge in [-0.3, -0.25) is 14.5 Å². The van der Waals surface area contributed by atoms with Crippen LogP contribution in [0.25, 0.3) is 38.9 Å². The number of nitrogens with zero attached hydrogens (tertiary/aromatic N) is 4. The molecule has 0 spiro atoms. The molecule has 0 unspecified atom stereocenters. The highest BCUT2D eigenvalue weighted by atomic mass is 16.5. The third-order valence-electron chi connectivity index (χ3n) is 5.45. The van der Waals surface area contributed by atoms with Gasteiger partial charge in [0.25, 0.3) is 0 Å². The van der Waals surface area contributed by atoms with Crippen molar-refractivity contribution in [3.8, 4) is 28.6 Å². The predicted molar refractivity (Wildman–Crippen MR) is 126 cm³/mol. The van der Waals surface area contributed by atoms with Crippen LogP contribution < -0.4 is 4.74 Å². The molecule has 0 aliphatic carbocycles. The van der Waals surface area contributed by atoms with E-state index in [4.69, 9.17) is 4.74 Å². The molecule has 32 heavy (non-hydrogen) atoms. The largest absolute Gasteiger partial charge is 0.457 e. The van der Waals surface area contributed by atoms with Crippen LogP contribution in [-0.2, 0) is 0 Å². The van der Waals surface area contributed by atoms with Gasteiger partial charge in [0.2, 0.25) is 0 Å². The molecule has 5 nitrogen and oxygen atoms in total. The number of para-hydroxylation sites is 1. The summed E-state index contributed by atoms with van der Waals surface area (Å²) in [6.07, 6.45) is 6.91. The number of fused-ring (bicyclic) bond motifs is 3. The zero-order valence-electron chi connectivity index (χ0n) is 17.1. The van der Waals surface area contributed by atoms with Gasteiger partial charge in [-0.05, 0) is 42.5 Å². The Balaban J connectivity index is 1.46. The molecular formula is C27H18N4O. The van der Waals surface area contributed by atoms with E-state index in [-0.39, 0.29) is 0 Å². The fourth-order valence-corrected chi connectivity index (χ4v) is 4.05. The first-order valence-corrected chi connectivity index (χ1v) is 10.4. The quantitative estimate of drug-likeness (QED) is 0.334. The molecule has 6 rings (SSSR count). The third kappa shape index (κ3) is 3.17. The first-order chi connectivity index (χ1) is 15.9. The Kier molecular flexibility index (Phi) is 4.36. The highest BCUT2D eigenvalue weighted by Crippen LogP contribution is 2.35. The van der Waals surface area contributed by atoms with Crippen LogP contribution in [0.1, 0.15) is 0 Å². The Morgan fingerprint density at radius 1 is 0.625 bits per heavy atom. The van der Waals surface area contributed by atoms with Gasteiger partial charge in [0.1, 0.15) is 17.3 Å². The summed E-state index contributed by atoms with van der Waals surface area (Å²) >= 11 is 0. The minimum absolute atomic E-state index is 0.744. The minimum Gasteiger partial charge on any atom is -0.457 e. The lowest BCUT2D eigenvalue weighted by atomic mass is 10.1. The van der Waals surface area contributed by atoms with E-state index in [1.165, 1.54) is 5.39 Å². The zero-order chi connectivity index (χ0) is 21.3. The van der Waals surface area contributed by atoms with Crippen LogP contribution in [0.5, 0.6) is 11.5 Å². The van der Waals surface area contributed by atoms with Gasteiger partial charge < -0.3 is 4.74 Å². The molecular weight excluding hydrogens is 396 g/mol. The van der Waals surface area contributed by atoms with Crippen molar-refractivity contribution in [2.45, 2.75) is 0 Å². The van der Waals surface area contributed by atoms with Gasteiger partial charge in [-0.2, -0.15) is 0 Å². The molecule has 3 heterocycles. The van der Waals surface area contributed by atoms with Gasteiger partial charge in [0, 0.05) is 41.0 Å². The van der Waals surface area contributed by atoms with Gasteiger partial charge in [-0.25, -0.2) is 4.98 Å². The van der Waals surface area contributed by atoms with E-state index < -0.39 is 0 Å². The minimum atomic E-state index is 0.744. The molecule has 0 amide bonds. The van der Waals surface area contributed by atoms with Crippen molar-refractivity contribution in [3.63, 3.8) is 0 Å². The van der Waals surface area contributed by atoms with E-state index in [0.717, 1.165) is 45.0 Å². The van der Waals surface area contributed by atoms with Crippen LogP contribution in [0.3, 0.4) is 0 Å². The molecule has 5 heteroatoms. The van der Waals surface area contributed by atoms with Gasteiger partial charge in [-0.15, -0.1) is 0 Å². The number of pyridine rings is 1. The third-order valence-corrected chi connectivity index (χ3v) is 5.45. The maximum absolute atomic E-state index is 6.25. The Labute approximate surface area is 184 Å². The Morgan fingerprint density at radius 2 is 1.50 bits per heavy atom. The normalized spacial score (nSPS) is 11.1. The van der Waals surface area contributed by atoms with Gasteiger partial charge in [0.15, 0.2) is 0 Å². The first kappa shape index (κ1) is 18.3. The Morgan fingerprint density at radius 3 is 2.38 bits per heavy atom. The highest BCUT2D eigenvalue weighted by Gasteiger charge is 2.13. The van der Waals surface area contributed by atoms with Crippen molar-refractivity contribution in [2.24, 2.45) is 0 Å². The van der Waals surface area contributed by atoms with E-state index in [2.05, 4.69) is 55.9 Å². The fourth-order valence-electron chi connectivity index (χ4n) is 4.05. The van der Waals surface area contributed by atoms with Crippen molar-refractivity contribution < 1.29 is 4.74 Å². The summed E-state index contributed by atoms with van der Waals surface area (Å²) in [5.41, 5.74) is 3.93. The molecule has 6 aromatic rings. The molecule has 0 radical (unpaired) electrons. The first-order valence-electron chi connectivity index (χ1n) is 10.4. The molecule has 0 aliphatic heterocycles. The standard InChI is InChI=1S/C27H18N4O/c1-2-9-25-22(8-1)23-12-11-21(17-26(23)31(25)27-10-3-4-13-30-27)32-20-7-5-6-19(16-20)24-18-28-14-15-29-24/h1-18H. The van der Waals surface area contributed by atoms with Crippen LogP contribution in [0.2, 0.25) is 0 Å². The number of aromatic nitrogens is 4.